The van der Waals surface area contributed by atoms with Gasteiger partial charge in [0.05, 0.1) is 45.7 Å². The number of hydrogen-bond donors (Lipinski definition) is 3. The van der Waals surface area contributed by atoms with Gasteiger partial charge in [-0.2, -0.15) is 158 Å². The molecule has 4 aromatic heterocycles. The van der Waals surface area contributed by atoms with Crippen molar-refractivity contribution in [2.45, 2.75) is 177 Å². The fourth-order valence-corrected chi connectivity index (χ4v) is 15.3. The molecule has 3 aliphatic heterocycles. The van der Waals surface area contributed by atoms with Crippen molar-refractivity contribution in [3.05, 3.63) is 56.4 Å². The second kappa shape index (κ2) is 39.7. The molecule has 11 rings (SSSR count). The molecular weight excluding hydrogens is 2100 g/mol. The molecule has 8 aromatic rings. The fraction of sp³-hybridized carbons (Fsp3) is 0.519. The Balaban J connectivity index is 1.44. The number of alkyl halides is 36. The number of hydrogen-bond acceptors (Lipinski definition) is 23. The number of rotatable bonds is 30. The Labute approximate surface area is 781 Å². The van der Waals surface area contributed by atoms with E-state index in [1.165, 1.54) is 0 Å². The van der Waals surface area contributed by atoms with Crippen LogP contribution in [0.25, 0.3) is 89.7 Å². The average molecular weight is 2170 g/mol. The van der Waals surface area contributed by atoms with Crippen LogP contribution in [0.5, 0.6) is 69.0 Å². The molecule has 3 atom stereocenters. The molecule has 3 N–H and O–H groups in total. The Morgan fingerprint density at radius 3 is 0.917 bits per heavy atom. The number of H-pyrrole nitrogens is 3. The van der Waals surface area contributed by atoms with Crippen molar-refractivity contribution in [1.82, 2.24) is 49.4 Å². The Hall–Kier alpha value is -12.1. The van der Waals surface area contributed by atoms with Gasteiger partial charge < -0.3 is 80.4 Å². The highest BCUT2D eigenvalue weighted by Crippen LogP contribution is 2.63. The number of aromatic amines is 3. The maximum atomic E-state index is 15.0. The van der Waals surface area contributed by atoms with Gasteiger partial charge in [0.25, 0.3) is 5.56 Å². The summed E-state index contributed by atoms with van der Waals surface area (Å²) >= 11 is 0. The van der Waals surface area contributed by atoms with E-state index >= 15 is 0 Å². The van der Waals surface area contributed by atoms with Gasteiger partial charge in [-0.05, 0) is 54.5 Å². The third kappa shape index (κ3) is 28.5. The molecule has 1 fully saturated rings. The van der Waals surface area contributed by atoms with E-state index in [0.717, 1.165) is 16.8 Å². The summed E-state index contributed by atoms with van der Waals surface area (Å²) in [4.78, 5) is 57.5. The maximum Gasteiger partial charge on any atom is 0.422 e. The predicted molar refractivity (Wildman–Crippen MR) is 426 cm³/mol. The van der Waals surface area contributed by atoms with Crippen LogP contribution in [0.1, 0.15) is 65.3 Å². The predicted octanol–water partition coefficient (Wildman–Crippen LogP) is 22.1. The molecule has 27 nitrogen and oxygen atoms in total. The molecule has 0 amide bonds. The SMILES string of the molecule is CC(C)(C)[Si](C)(C)OC[C@H]1O[C@@H](n2cc(C#Cc3ccc4c5nc6nc(nc7[nH]c(nc8nc(nc([nH]5)c4c3)-c3c(OCC(F)(F)F)c(OCC(F)(F)F)c(OCC(F)(F)F)c(OCC(F)(F)F)c3-8)c3c(OCC(F)(F)F)c(OCC(F)(F)F)c(OCC(F)(F)F)c(OCC(F)(F)F)c73)-c3c(OCC(F)(F)F)c(OCC(F)(F)F)c(OCC(F)(F)F)c(OCC(F)(F)F)c3-6)c(=O)[nH]c2=O)C[C@@H]1O[Si](C)(C)C(C)(C)C. The molecule has 0 radical (unpaired) electrons. The summed E-state index contributed by atoms with van der Waals surface area (Å²) in [6, 6.07) is 2.16. The molecule has 0 unspecified atom stereocenters. The van der Waals surface area contributed by atoms with Gasteiger partial charge in [-0.1, -0.05) is 53.4 Å². The Morgan fingerprint density at radius 1 is 0.347 bits per heavy atom. The van der Waals surface area contributed by atoms with E-state index in [-0.39, 0.29) is 13.0 Å². The average Bonchev–Trinajstić information content (AvgIpc) is 1.53. The summed E-state index contributed by atoms with van der Waals surface area (Å²) in [7, 11) is -5.44. The monoisotopic (exact) mass is 2170 g/mol. The van der Waals surface area contributed by atoms with Crippen molar-refractivity contribution in [3.63, 3.8) is 0 Å². The van der Waals surface area contributed by atoms with Crippen LogP contribution in [0.4, 0.5) is 158 Å². The molecule has 1 saturated heterocycles. The van der Waals surface area contributed by atoms with E-state index < -0.39 is 380 Å². The van der Waals surface area contributed by atoms with E-state index in [4.69, 9.17) is 42.0 Å². The Bertz CT molecular complexity index is 6490. The number of nitrogens with zero attached hydrogens (tertiary/aromatic N) is 7. The number of halogens is 36. The van der Waals surface area contributed by atoms with Gasteiger partial charge in [-0.3, -0.25) is 14.3 Å². The zero-order valence-corrected chi connectivity index (χ0v) is 76.1. The third-order valence-electron chi connectivity index (χ3n) is 20.7. The smallest absolute Gasteiger partial charge is 0.422 e. The van der Waals surface area contributed by atoms with E-state index in [0.29, 0.717) is 12.1 Å². The van der Waals surface area contributed by atoms with Crippen LogP contribution in [-0.4, -0.2) is 238 Å². The molecule has 0 saturated carbocycles. The number of nitrogens with one attached hydrogen (secondary N) is 3. The van der Waals surface area contributed by atoms with Crippen molar-refractivity contribution >= 4 is 60.8 Å². The van der Waals surface area contributed by atoms with Crippen LogP contribution < -0.4 is 68.1 Å². The molecule has 0 spiro atoms. The summed E-state index contributed by atoms with van der Waals surface area (Å²) in [5, 5.41) is -7.18. The summed E-state index contributed by atoms with van der Waals surface area (Å²) < 4.78 is 611. The van der Waals surface area contributed by atoms with Crippen LogP contribution in [-0.2, 0) is 13.6 Å². The number of ether oxygens (including phenoxy) is 13. The van der Waals surface area contributed by atoms with Crippen molar-refractivity contribution in [3.8, 4) is 126 Å². The van der Waals surface area contributed by atoms with E-state index in [1.54, 1.807) is 4.98 Å². The van der Waals surface area contributed by atoms with E-state index in [1.807, 2.05) is 72.7 Å². The van der Waals surface area contributed by atoms with Crippen molar-refractivity contribution in [2.24, 2.45) is 0 Å². The highest BCUT2D eigenvalue weighted by Gasteiger charge is 2.52. The molecule has 7 heterocycles. The molecular formula is C79H68F36N10O17Si2. The van der Waals surface area contributed by atoms with Crippen molar-refractivity contribution in [2.75, 3.05) is 85.9 Å². The fourth-order valence-electron chi connectivity index (χ4n) is 12.9. The summed E-state index contributed by atoms with van der Waals surface area (Å²) in [5.41, 5.74) is -19.0. The molecule has 0 aliphatic carbocycles. The highest BCUT2D eigenvalue weighted by atomic mass is 28.4. The number of benzene rings is 4. The first-order chi connectivity index (χ1) is 65.4. The molecule has 144 heavy (non-hydrogen) atoms. The second-order valence-electron chi connectivity index (χ2n) is 34.2. The Kier molecular flexibility index (Phi) is 30.9. The number of fused-ring (bicyclic) bond motifs is 20. The minimum atomic E-state index is -6.13. The van der Waals surface area contributed by atoms with Gasteiger partial charge >= 0.3 is 79.8 Å². The minimum absolute atomic E-state index is 0.134. The lowest BCUT2D eigenvalue weighted by atomic mass is 10.0. The Morgan fingerprint density at radius 2 is 0.618 bits per heavy atom. The van der Waals surface area contributed by atoms with Gasteiger partial charge in [0.1, 0.15) is 40.5 Å². The lowest BCUT2D eigenvalue weighted by Gasteiger charge is -2.40. The van der Waals surface area contributed by atoms with Crippen LogP contribution >= 0.6 is 0 Å². The largest absolute Gasteiger partial charge is 0.479 e. The van der Waals surface area contributed by atoms with Gasteiger partial charge in [0.15, 0.2) is 154 Å². The van der Waals surface area contributed by atoms with Crippen LogP contribution in [0.2, 0.25) is 36.3 Å². The number of aromatic nitrogens is 10. The molecule has 796 valence electrons. The summed E-state index contributed by atoms with van der Waals surface area (Å²) in [6.45, 7) is -18.7. The topological polar surface area (TPSA) is 302 Å². The molecule has 4 aromatic carbocycles. The van der Waals surface area contributed by atoms with Crippen LogP contribution in [0.3, 0.4) is 0 Å². The van der Waals surface area contributed by atoms with Crippen molar-refractivity contribution in [1.29, 1.82) is 0 Å². The second-order valence-corrected chi connectivity index (χ2v) is 43.8. The highest BCUT2D eigenvalue weighted by molar-refractivity contribution is 6.74. The van der Waals surface area contributed by atoms with Gasteiger partial charge in [0.2, 0.25) is 34.5 Å². The van der Waals surface area contributed by atoms with Crippen molar-refractivity contribution < 1.29 is 228 Å². The van der Waals surface area contributed by atoms with Crippen LogP contribution in [0.15, 0.2) is 34.0 Å². The van der Waals surface area contributed by atoms with Gasteiger partial charge in [-0.25, -0.2) is 34.7 Å². The quantitative estimate of drug-likeness (QED) is 0.0214. The normalized spacial score (nSPS) is 15.7. The van der Waals surface area contributed by atoms with Gasteiger partial charge in [0, 0.05) is 29.0 Å². The summed E-state index contributed by atoms with van der Waals surface area (Å²) in [6.07, 6.45) is -75.0. The first-order valence-corrected chi connectivity index (χ1v) is 46.1. The first-order valence-electron chi connectivity index (χ1n) is 40.3. The maximum absolute atomic E-state index is 15.0. The van der Waals surface area contributed by atoms with Gasteiger partial charge in [-0.15, -0.1) is 0 Å². The molecule has 3 aliphatic rings. The van der Waals surface area contributed by atoms with E-state index in [2.05, 4.69) is 75.1 Å². The lowest BCUT2D eigenvalue weighted by molar-refractivity contribution is -0.162. The zero-order valence-electron chi connectivity index (χ0n) is 74.1. The van der Waals surface area contributed by atoms with E-state index in [9.17, 15) is 168 Å². The van der Waals surface area contributed by atoms with Crippen LogP contribution in [0, 0.1) is 11.8 Å². The standard InChI is InChI=1S/C79H68F36N10O17Si2/c1-66(2,3)143(7,8)140-18-36-35(142-144(9,10)67(4,5)6)16-37(141-36)125-17-32(64(126)124-65(125)127)13-11-31-12-14-33-34(15-31)57-116-56(33)117-58-38-40(46(130-21-70(86,87)88)52(136-27-76(104,105)106)50(134-25-74(98,99)100)44(38)128-19-68(80,81)82)60(119-58)121-62-42-43(49(133-24-73(95,96)97)55(139-30-79(113,114)115)54(138-29-78(110,111)112)48(42)132-23-72(92,93)94)63(123-62)122-61-41-39(59(118-57)120-61)45(129-20-69(83,84)85)51(135-26-75(101,102)103)53(137-28-77(107,108)109)47(41)131-22-71(89,90)91/h12,14-15,17,35-37H,16,18-30H2,1-10H3,(H,124,126,127)(H2,116,117,118,119,120,121,122,123)/t35-,36+,37+/m0/s1. The zero-order chi connectivity index (χ0) is 108. The first kappa shape index (κ1) is 112. The summed E-state index contributed by atoms with van der Waals surface area (Å²) in [5.74, 6) is -32.8. The molecule has 65 heteroatoms. The lowest BCUT2D eigenvalue weighted by Crippen LogP contribution is -2.48. The minimum Gasteiger partial charge on any atom is -0.479 e. The third-order valence-corrected chi connectivity index (χ3v) is 29.7. The molecule has 8 bridgehead atoms.